The lowest BCUT2D eigenvalue weighted by Crippen LogP contribution is -2.58. The third-order valence-corrected chi connectivity index (χ3v) is 7.81. The van der Waals surface area contributed by atoms with Crippen LogP contribution in [-0.2, 0) is 13.2 Å². The van der Waals surface area contributed by atoms with Crippen molar-refractivity contribution in [1.29, 1.82) is 0 Å². The molecule has 28 heavy (non-hydrogen) atoms. The maximum atomic E-state index is 6.30. The third kappa shape index (κ3) is 3.67. The molecule has 2 aromatic rings. The summed E-state index contributed by atoms with van der Waals surface area (Å²) in [6.45, 7) is 1.24. The highest BCUT2D eigenvalue weighted by atomic mass is 35.5. The van der Waals surface area contributed by atoms with E-state index in [4.69, 9.17) is 27.9 Å². The largest absolute Gasteiger partial charge is 0.488 e. The molecule has 0 unspecified atom stereocenters. The molecule has 0 aromatic heterocycles. The van der Waals surface area contributed by atoms with E-state index in [2.05, 4.69) is 17.4 Å². The third-order valence-electron chi connectivity index (χ3n) is 7.10. The molecule has 0 aliphatic heterocycles. The lowest BCUT2D eigenvalue weighted by molar-refractivity contribution is -0.0206. The van der Waals surface area contributed by atoms with Gasteiger partial charge in [0.05, 0.1) is 0 Å². The Bertz CT molecular complexity index is 810. The summed E-state index contributed by atoms with van der Waals surface area (Å²) in [7, 11) is 0. The van der Waals surface area contributed by atoms with Gasteiger partial charge in [0.15, 0.2) is 0 Å². The fourth-order valence-corrected chi connectivity index (χ4v) is 6.73. The topological polar surface area (TPSA) is 21.3 Å². The number of hydrogen-bond donors (Lipinski definition) is 1. The van der Waals surface area contributed by atoms with E-state index in [-0.39, 0.29) is 0 Å². The summed E-state index contributed by atoms with van der Waals surface area (Å²) in [6, 6.07) is 13.9. The molecule has 4 heteroatoms. The molecular weight excluding hydrogens is 389 g/mol. The summed E-state index contributed by atoms with van der Waals surface area (Å²) in [5.41, 5.74) is 2.41. The summed E-state index contributed by atoms with van der Waals surface area (Å²) >= 11 is 12.6. The van der Waals surface area contributed by atoms with Crippen LogP contribution >= 0.6 is 23.2 Å². The van der Waals surface area contributed by atoms with Gasteiger partial charge in [0, 0.05) is 33.3 Å². The van der Waals surface area contributed by atoms with Crippen molar-refractivity contribution in [3.63, 3.8) is 0 Å². The number of nitrogens with one attached hydrogen (secondary N) is 1. The van der Waals surface area contributed by atoms with Gasteiger partial charge in [-0.15, -0.1) is 0 Å². The van der Waals surface area contributed by atoms with Gasteiger partial charge < -0.3 is 10.1 Å². The Morgan fingerprint density at radius 3 is 2.11 bits per heavy atom. The minimum Gasteiger partial charge on any atom is -0.488 e. The molecule has 0 heterocycles. The highest BCUT2D eigenvalue weighted by Gasteiger charge is 2.50. The molecule has 4 aliphatic carbocycles. The van der Waals surface area contributed by atoms with Crippen molar-refractivity contribution >= 4 is 23.2 Å². The highest BCUT2D eigenvalue weighted by Crippen LogP contribution is 2.55. The Kier molecular flexibility index (Phi) is 5.07. The Morgan fingerprint density at radius 2 is 1.46 bits per heavy atom. The first-order chi connectivity index (χ1) is 13.6. The predicted molar refractivity (Wildman–Crippen MR) is 115 cm³/mol. The van der Waals surface area contributed by atoms with Crippen LogP contribution in [-0.4, -0.2) is 5.54 Å². The Hall–Kier alpha value is -1.22. The van der Waals surface area contributed by atoms with Gasteiger partial charge in [0.25, 0.3) is 0 Å². The second-order valence-electron chi connectivity index (χ2n) is 9.15. The maximum Gasteiger partial charge on any atom is 0.124 e. The van der Waals surface area contributed by atoms with Crippen LogP contribution in [0, 0.1) is 17.8 Å². The molecule has 2 aromatic carbocycles. The lowest BCUT2D eigenvalue weighted by atomic mass is 9.53. The zero-order chi connectivity index (χ0) is 19.1. The molecule has 1 N–H and O–H groups in total. The van der Waals surface area contributed by atoms with Crippen LogP contribution in [0.25, 0.3) is 0 Å². The SMILES string of the molecule is Clc1cccc(Cl)c1COc1ccccc1CNC12CC3CC(CC(C3)C1)C2. The lowest BCUT2D eigenvalue weighted by Gasteiger charge is -2.57. The van der Waals surface area contributed by atoms with E-state index in [0.29, 0.717) is 22.2 Å². The summed E-state index contributed by atoms with van der Waals surface area (Å²) in [4.78, 5) is 0. The monoisotopic (exact) mass is 415 g/mol. The van der Waals surface area contributed by atoms with Crippen LogP contribution in [0.3, 0.4) is 0 Å². The first kappa shape index (κ1) is 18.8. The fourth-order valence-electron chi connectivity index (χ4n) is 6.22. The van der Waals surface area contributed by atoms with E-state index in [1.165, 1.54) is 44.1 Å². The van der Waals surface area contributed by atoms with Crippen LogP contribution in [0.2, 0.25) is 10.0 Å². The molecule has 2 nitrogen and oxygen atoms in total. The van der Waals surface area contributed by atoms with E-state index in [9.17, 15) is 0 Å². The van der Waals surface area contributed by atoms with Gasteiger partial charge >= 0.3 is 0 Å². The average Bonchev–Trinajstić information content (AvgIpc) is 2.66. The quantitative estimate of drug-likeness (QED) is 0.571. The van der Waals surface area contributed by atoms with Crippen LogP contribution in [0.5, 0.6) is 5.75 Å². The van der Waals surface area contributed by atoms with Crippen molar-refractivity contribution in [1.82, 2.24) is 5.32 Å². The van der Waals surface area contributed by atoms with E-state index >= 15 is 0 Å². The number of hydrogen-bond acceptors (Lipinski definition) is 2. The van der Waals surface area contributed by atoms with Gasteiger partial charge in [0.2, 0.25) is 0 Å². The average molecular weight is 416 g/mol. The van der Waals surface area contributed by atoms with Crippen LogP contribution in [0.15, 0.2) is 42.5 Å². The standard InChI is InChI=1S/C24H27Cl2NO/c25-21-5-3-6-22(26)20(21)15-28-23-7-2-1-4-19(23)14-27-24-11-16-8-17(12-24)10-18(9-16)13-24/h1-7,16-18,27H,8-15H2. The highest BCUT2D eigenvalue weighted by molar-refractivity contribution is 6.35. The van der Waals surface area contributed by atoms with Crippen molar-refractivity contribution in [2.45, 2.75) is 57.2 Å². The van der Waals surface area contributed by atoms with E-state index < -0.39 is 0 Å². The normalized spacial score (nSPS) is 30.6. The van der Waals surface area contributed by atoms with Gasteiger partial charge in [-0.2, -0.15) is 0 Å². The molecule has 4 fully saturated rings. The van der Waals surface area contributed by atoms with E-state index in [1.54, 1.807) is 0 Å². The molecule has 6 rings (SSSR count). The zero-order valence-corrected chi connectivity index (χ0v) is 17.6. The number of ether oxygens (including phenoxy) is 1. The van der Waals surface area contributed by atoms with Gasteiger partial charge in [-0.3, -0.25) is 0 Å². The second-order valence-corrected chi connectivity index (χ2v) is 9.96. The zero-order valence-electron chi connectivity index (χ0n) is 16.1. The van der Waals surface area contributed by atoms with Crippen LogP contribution < -0.4 is 10.1 Å². The molecule has 0 radical (unpaired) electrons. The molecule has 4 saturated carbocycles. The first-order valence-electron chi connectivity index (χ1n) is 10.5. The second kappa shape index (κ2) is 7.55. The summed E-state index contributed by atoms with van der Waals surface area (Å²) in [6.07, 6.45) is 8.49. The van der Waals surface area contributed by atoms with Gasteiger partial charge in [-0.25, -0.2) is 0 Å². The molecule has 0 saturated heterocycles. The van der Waals surface area contributed by atoms with Gasteiger partial charge in [-0.05, 0) is 74.5 Å². The molecule has 148 valence electrons. The Labute approximate surface area is 177 Å². The van der Waals surface area contributed by atoms with Crippen molar-refractivity contribution in [3.05, 3.63) is 63.6 Å². The predicted octanol–water partition coefficient (Wildman–Crippen LogP) is 6.63. The van der Waals surface area contributed by atoms with Crippen LogP contribution in [0.1, 0.15) is 49.7 Å². The van der Waals surface area contributed by atoms with E-state index in [0.717, 1.165) is 35.6 Å². The molecule has 0 atom stereocenters. The molecule has 0 spiro atoms. The van der Waals surface area contributed by atoms with Gasteiger partial charge in [-0.1, -0.05) is 47.5 Å². The molecule has 4 aliphatic rings. The summed E-state index contributed by atoms with van der Waals surface area (Å²) in [5, 5.41) is 5.27. The molecular formula is C24H27Cl2NO. The maximum absolute atomic E-state index is 6.30. The van der Waals surface area contributed by atoms with Gasteiger partial charge in [0.1, 0.15) is 12.4 Å². The number of para-hydroxylation sites is 1. The fraction of sp³-hybridized carbons (Fsp3) is 0.500. The summed E-state index contributed by atoms with van der Waals surface area (Å²) < 4.78 is 6.15. The number of benzene rings is 2. The smallest absolute Gasteiger partial charge is 0.124 e. The van der Waals surface area contributed by atoms with E-state index in [1.807, 2.05) is 30.3 Å². The minimum atomic E-state index is 0.355. The van der Waals surface area contributed by atoms with Crippen LogP contribution in [0.4, 0.5) is 0 Å². The Morgan fingerprint density at radius 1 is 0.857 bits per heavy atom. The minimum absolute atomic E-state index is 0.355. The molecule has 4 bridgehead atoms. The van der Waals surface area contributed by atoms with Crippen molar-refractivity contribution in [3.8, 4) is 5.75 Å². The molecule has 0 amide bonds. The number of halogens is 2. The Balaban J connectivity index is 1.28. The van der Waals surface area contributed by atoms with Crippen molar-refractivity contribution < 1.29 is 4.74 Å². The number of rotatable bonds is 6. The summed E-state index contributed by atoms with van der Waals surface area (Å²) in [5.74, 6) is 3.77. The first-order valence-corrected chi connectivity index (χ1v) is 11.2. The van der Waals surface area contributed by atoms with Crippen molar-refractivity contribution in [2.24, 2.45) is 17.8 Å². The van der Waals surface area contributed by atoms with Crippen molar-refractivity contribution in [2.75, 3.05) is 0 Å².